The number of methoxy groups -OCH3 is 3. The van der Waals surface area contributed by atoms with E-state index >= 15 is 0 Å². The predicted octanol–water partition coefficient (Wildman–Crippen LogP) is 5.03. The number of carbonyl (C=O) groups excluding carboxylic acids is 1. The molecule has 0 bridgehead atoms. The number of anilines is 1. The molecule has 1 aliphatic carbocycles. The van der Waals surface area contributed by atoms with E-state index < -0.39 is 6.09 Å². The van der Waals surface area contributed by atoms with Crippen molar-refractivity contribution in [3.8, 4) is 11.5 Å². The topological polar surface area (TPSA) is 66.0 Å². The Kier molecular flexibility index (Phi) is 5.62. The molecule has 6 nitrogen and oxygen atoms in total. The zero-order chi connectivity index (χ0) is 20.4. The number of carbonyl (C=O) groups is 1. The molecule has 2 aliphatic rings. The summed E-state index contributed by atoms with van der Waals surface area (Å²) in [7, 11) is 4.74. The van der Waals surface area contributed by atoms with Crippen LogP contribution < -0.4 is 14.8 Å². The fourth-order valence-corrected chi connectivity index (χ4v) is 4.63. The molecule has 0 saturated heterocycles. The highest BCUT2D eigenvalue weighted by Gasteiger charge is 2.41. The van der Waals surface area contributed by atoms with E-state index in [0.29, 0.717) is 11.6 Å². The van der Waals surface area contributed by atoms with E-state index in [2.05, 4.69) is 5.32 Å². The quantitative estimate of drug-likeness (QED) is 0.784. The number of nitrogens with one attached hydrogen (secondary N) is 1. The van der Waals surface area contributed by atoms with Crippen LogP contribution in [0.4, 0.5) is 10.5 Å². The Labute approximate surface area is 171 Å². The van der Waals surface area contributed by atoms with Crippen molar-refractivity contribution in [2.75, 3.05) is 26.6 Å². The molecule has 1 fully saturated rings. The molecule has 2 aromatic rings. The van der Waals surface area contributed by atoms with Gasteiger partial charge in [0.05, 0.1) is 27.4 Å². The number of fused-ring (bicyclic) bond motifs is 3. The predicted molar refractivity (Wildman–Crippen MR) is 110 cm³/mol. The molecule has 1 amide bonds. The molecule has 3 atom stereocenters. The van der Waals surface area contributed by atoms with Crippen molar-refractivity contribution in [1.29, 1.82) is 0 Å². The first-order valence-electron chi connectivity index (χ1n) is 10.0. The van der Waals surface area contributed by atoms with Crippen LogP contribution in [0.15, 0.2) is 36.4 Å². The standard InChI is InChI=1S/C23H27NO5/c1-26-18-11-12-19(27-2)21-20(18)16-9-4-5-10-17(16)29-22(21)14-7-6-8-15(13-14)24-23(25)28-3/h6-8,11-13,16-17,22H,4-5,9-10H2,1-3H3,(H,24,25)/t16-,17-,22-/m0/s1. The molecule has 1 heterocycles. The molecule has 1 N–H and O–H groups in total. The SMILES string of the molecule is COC(=O)Nc1cccc([C@@H]2O[C@H]3CCCC[C@@H]3c3c(OC)ccc(OC)c32)c1. The molecular formula is C23H27NO5. The Morgan fingerprint density at radius 1 is 1.00 bits per heavy atom. The maximum atomic E-state index is 11.6. The lowest BCUT2D eigenvalue weighted by Gasteiger charge is -2.42. The zero-order valence-electron chi connectivity index (χ0n) is 17.1. The Balaban J connectivity index is 1.83. The van der Waals surface area contributed by atoms with Crippen molar-refractivity contribution in [3.63, 3.8) is 0 Å². The van der Waals surface area contributed by atoms with Gasteiger partial charge in [0.1, 0.15) is 17.6 Å². The highest BCUT2D eigenvalue weighted by Crippen LogP contribution is 2.52. The number of hydrogen-bond donors (Lipinski definition) is 1. The van der Waals surface area contributed by atoms with Gasteiger partial charge in [-0.25, -0.2) is 4.79 Å². The molecule has 0 radical (unpaired) electrons. The number of ether oxygens (including phenoxy) is 4. The van der Waals surface area contributed by atoms with Gasteiger partial charge in [-0.05, 0) is 42.7 Å². The fraction of sp³-hybridized carbons (Fsp3) is 0.435. The van der Waals surface area contributed by atoms with E-state index in [9.17, 15) is 4.79 Å². The first kappa shape index (κ1) is 19.6. The Morgan fingerprint density at radius 2 is 1.72 bits per heavy atom. The molecule has 1 aliphatic heterocycles. The van der Waals surface area contributed by atoms with Crippen LogP contribution in [0.3, 0.4) is 0 Å². The van der Waals surface area contributed by atoms with Crippen LogP contribution in [0.5, 0.6) is 11.5 Å². The van der Waals surface area contributed by atoms with Crippen molar-refractivity contribution < 1.29 is 23.7 Å². The van der Waals surface area contributed by atoms with E-state index in [1.165, 1.54) is 25.5 Å². The second-order valence-electron chi connectivity index (χ2n) is 7.49. The zero-order valence-corrected chi connectivity index (χ0v) is 17.1. The molecule has 4 rings (SSSR count). The average molecular weight is 397 g/mol. The Hall–Kier alpha value is -2.73. The van der Waals surface area contributed by atoms with Gasteiger partial charge in [0.15, 0.2) is 0 Å². The lowest BCUT2D eigenvalue weighted by molar-refractivity contribution is -0.0406. The van der Waals surface area contributed by atoms with Crippen LogP contribution in [-0.4, -0.2) is 33.5 Å². The van der Waals surface area contributed by atoms with Crippen LogP contribution in [0, 0.1) is 0 Å². The van der Waals surface area contributed by atoms with Gasteiger partial charge in [0.25, 0.3) is 0 Å². The molecule has 0 unspecified atom stereocenters. The molecular weight excluding hydrogens is 370 g/mol. The molecule has 154 valence electrons. The normalized spacial score (nSPS) is 22.8. The van der Waals surface area contributed by atoms with Gasteiger partial charge in [-0.1, -0.05) is 25.0 Å². The van der Waals surface area contributed by atoms with Crippen LogP contribution in [0.2, 0.25) is 0 Å². The van der Waals surface area contributed by atoms with Crippen molar-refractivity contribution in [2.45, 2.75) is 43.8 Å². The summed E-state index contributed by atoms with van der Waals surface area (Å²) < 4.78 is 22.8. The highest BCUT2D eigenvalue weighted by atomic mass is 16.5. The smallest absolute Gasteiger partial charge is 0.411 e. The molecule has 0 aromatic heterocycles. The van der Waals surface area contributed by atoms with E-state index in [0.717, 1.165) is 35.5 Å². The number of hydrogen-bond acceptors (Lipinski definition) is 5. The minimum atomic E-state index is -0.501. The lowest BCUT2D eigenvalue weighted by atomic mass is 9.75. The third kappa shape index (κ3) is 3.65. The second kappa shape index (κ2) is 8.33. The summed E-state index contributed by atoms with van der Waals surface area (Å²) in [6, 6.07) is 11.6. The van der Waals surface area contributed by atoms with Crippen LogP contribution in [0.25, 0.3) is 0 Å². The highest BCUT2D eigenvalue weighted by molar-refractivity contribution is 5.84. The number of benzene rings is 2. The summed E-state index contributed by atoms with van der Waals surface area (Å²) in [5, 5.41) is 2.73. The fourth-order valence-electron chi connectivity index (χ4n) is 4.63. The van der Waals surface area contributed by atoms with Crippen molar-refractivity contribution in [2.24, 2.45) is 0 Å². The lowest BCUT2D eigenvalue weighted by Crippen LogP contribution is -2.34. The summed E-state index contributed by atoms with van der Waals surface area (Å²) in [5.74, 6) is 1.98. The van der Waals surface area contributed by atoms with Crippen LogP contribution in [-0.2, 0) is 9.47 Å². The van der Waals surface area contributed by atoms with Gasteiger partial charge in [-0.2, -0.15) is 0 Å². The largest absolute Gasteiger partial charge is 0.496 e. The minimum Gasteiger partial charge on any atom is -0.496 e. The molecule has 1 saturated carbocycles. The summed E-state index contributed by atoms with van der Waals surface area (Å²) in [6.45, 7) is 0. The average Bonchev–Trinajstić information content (AvgIpc) is 2.77. The molecule has 0 spiro atoms. The summed E-state index contributed by atoms with van der Waals surface area (Å²) >= 11 is 0. The van der Waals surface area contributed by atoms with Gasteiger partial charge in [-0.3, -0.25) is 5.32 Å². The monoisotopic (exact) mass is 397 g/mol. The Morgan fingerprint density at radius 3 is 2.45 bits per heavy atom. The summed E-state index contributed by atoms with van der Waals surface area (Å²) in [4.78, 5) is 11.6. The molecule has 2 aromatic carbocycles. The van der Waals surface area contributed by atoms with Gasteiger partial charge in [0.2, 0.25) is 0 Å². The van der Waals surface area contributed by atoms with E-state index in [1.54, 1.807) is 14.2 Å². The summed E-state index contributed by atoms with van der Waals surface area (Å²) in [6.07, 6.45) is 3.80. The van der Waals surface area contributed by atoms with E-state index in [4.69, 9.17) is 18.9 Å². The number of rotatable bonds is 4. The van der Waals surface area contributed by atoms with Crippen LogP contribution >= 0.6 is 0 Å². The summed E-state index contributed by atoms with van der Waals surface area (Å²) in [5.41, 5.74) is 3.83. The van der Waals surface area contributed by atoms with Gasteiger partial charge in [0, 0.05) is 22.7 Å². The third-order valence-electron chi connectivity index (χ3n) is 5.91. The third-order valence-corrected chi connectivity index (χ3v) is 5.91. The second-order valence-corrected chi connectivity index (χ2v) is 7.49. The van der Waals surface area contributed by atoms with Gasteiger partial charge < -0.3 is 18.9 Å². The van der Waals surface area contributed by atoms with Crippen molar-refractivity contribution >= 4 is 11.8 Å². The maximum Gasteiger partial charge on any atom is 0.411 e. The molecule has 6 heteroatoms. The first-order chi connectivity index (χ1) is 14.2. The van der Waals surface area contributed by atoms with Gasteiger partial charge in [-0.15, -0.1) is 0 Å². The minimum absolute atomic E-state index is 0.138. The Bertz CT molecular complexity index is 897. The van der Waals surface area contributed by atoms with Crippen molar-refractivity contribution in [3.05, 3.63) is 53.1 Å². The number of amides is 1. The van der Waals surface area contributed by atoms with E-state index in [-0.39, 0.29) is 12.2 Å². The van der Waals surface area contributed by atoms with Crippen molar-refractivity contribution in [1.82, 2.24) is 0 Å². The first-order valence-corrected chi connectivity index (χ1v) is 10.0. The van der Waals surface area contributed by atoms with Gasteiger partial charge >= 0.3 is 6.09 Å². The molecule has 29 heavy (non-hydrogen) atoms. The van der Waals surface area contributed by atoms with E-state index in [1.807, 2.05) is 36.4 Å². The maximum absolute atomic E-state index is 11.6. The van der Waals surface area contributed by atoms with Crippen LogP contribution in [0.1, 0.15) is 54.4 Å².